The highest BCUT2D eigenvalue weighted by molar-refractivity contribution is 7.94. The molecule has 0 spiro atoms. The molecular weight excluding hydrogens is 360 g/mol. The van der Waals surface area contributed by atoms with Crippen molar-refractivity contribution in [3.8, 4) is 11.3 Å². The molecule has 27 heavy (non-hydrogen) atoms. The van der Waals surface area contributed by atoms with E-state index >= 15 is 0 Å². The normalized spacial score (nSPS) is 16.4. The SMILES string of the molecule is C/C=C/S(=O)(=O)c1ccc(-c2ccc(N3CCN(C(C)C)CC3)nn2)cc1. The molecule has 144 valence electrons. The van der Waals surface area contributed by atoms with E-state index in [1.54, 1.807) is 31.2 Å². The average molecular weight is 387 g/mol. The van der Waals surface area contributed by atoms with Crippen molar-refractivity contribution in [3.05, 3.63) is 47.9 Å². The van der Waals surface area contributed by atoms with Crippen LogP contribution in [0.5, 0.6) is 0 Å². The smallest absolute Gasteiger partial charge is 0.199 e. The molecule has 1 fully saturated rings. The number of allylic oxidation sites excluding steroid dienone is 1. The molecule has 0 N–H and O–H groups in total. The fourth-order valence-corrected chi connectivity index (χ4v) is 4.22. The van der Waals surface area contributed by atoms with Crippen molar-refractivity contribution in [3.63, 3.8) is 0 Å². The summed E-state index contributed by atoms with van der Waals surface area (Å²) in [6, 6.07) is 11.2. The number of rotatable bonds is 5. The van der Waals surface area contributed by atoms with Gasteiger partial charge in [0.15, 0.2) is 15.7 Å². The zero-order chi connectivity index (χ0) is 19.4. The van der Waals surface area contributed by atoms with Gasteiger partial charge >= 0.3 is 0 Å². The van der Waals surface area contributed by atoms with E-state index in [1.807, 2.05) is 12.1 Å². The van der Waals surface area contributed by atoms with Gasteiger partial charge in [-0.1, -0.05) is 18.2 Å². The number of piperazine rings is 1. The first-order chi connectivity index (χ1) is 12.9. The molecule has 2 heterocycles. The third kappa shape index (κ3) is 4.54. The second kappa shape index (κ2) is 8.19. The third-order valence-electron chi connectivity index (χ3n) is 4.81. The van der Waals surface area contributed by atoms with Gasteiger partial charge in [-0.15, -0.1) is 10.2 Å². The second-order valence-corrected chi connectivity index (χ2v) is 8.77. The molecule has 0 aliphatic carbocycles. The largest absolute Gasteiger partial charge is 0.353 e. The van der Waals surface area contributed by atoms with E-state index in [-0.39, 0.29) is 4.90 Å². The van der Waals surface area contributed by atoms with Gasteiger partial charge in [0.1, 0.15) is 0 Å². The van der Waals surface area contributed by atoms with E-state index in [9.17, 15) is 8.42 Å². The van der Waals surface area contributed by atoms with Gasteiger partial charge in [-0.05, 0) is 45.0 Å². The number of anilines is 1. The Morgan fingerprint density at radius 3 is 2.15 bits per heavy atom. The van der Waals surface area contributed by atoms with Gasteiger partial charge in [0.05, 0.1) is 10.6 Å². The van der Waals surface area contributed by atoms with Crippen LogP contribution in [0.15, 0.2) is 52.8 Å². The van der Waals surface area contributed by atoms with Crippen LogP contribution in [-0.4, -0.2) is 55.7 Å². The van der Waals surface area contributed by atoms with E-state index in [2.05, 4.69) is 33.8 Å². The summed E-state index contributed by atoms with van der Waals surface area (Å²) >= 11 is 0. The lowest BCUT2D eigenvalue weighted by molar-refractivity contribution is 0.209. The van der Waals surface area contributed by atoms with Gasteiger partial charge < -0.3 is 4.90 Å². The van der Waals surface area contributed by atoms with Crippen LogP contribution in [0.2, 0.25) is 0 Å². The van der Waals surface area contributed by atoms with Crippen LogP contribution in [-0.2, 0) is 9.84 Å². The fourth-order valence-electron chi connectivity index (χ4n) is 3.19. The van der Waals surface area contributed by atoms with Gasteiger partial charge in [0.25, 0.3) is 0 Å². The van der Waals surface area contributed by atoms with Gasteiger partial charge in [-0.3, -0.25) is 4.90 Å². The van der Waals surface area contributed by atoms with Crippen molar-refractivity contribution in [1.29, 1.82) is 0 Å². The summed E-state index contributed by atoms with van der Waals surface area (Å²) in [6.07, 6.45) is 1.52. The number of benzene rings is 1. The molecule has 3 rings (SSSR count). The van der Waals surface area contributed by atoms with E-state index in [4.69, 9.17) is 0 Å². The topological polar surface area (TPSA) is 66.4 Å². The number of hydrogen-bond donors (Lipinski definition) is 0. The number of hydrogen-bond acceptors (Lipinski definition) is 6. The summed E-state index contributed by atoms with van der Waals surface area (Å²) in [5.74, 6) is 0.884. The Morgan fingerprint density at radius 2 is 1.63 bits per heavy atom. The second-order valence-electron chi connectivity index (χ2n) is 6.93. The molecule has 6 nitrogen and oxygen atoms in total. The summed E-state index contributed by atoms with van der Waals surface area (Å²) in [6.45, 7) is 10.1. The lowest BCUT2D eigenvalue weighted by Crippen LogP contribution is -2.49. The first kappa shape index (κ1) is 19.5. The summed E-state index contributed by atoms with van der Waals surface area (Å²) in [5, 5.41) is 9.92. The molecule has 7 heteroatoms. The highest BCUT2D eigenvalue weighted by Crippen LogP contribution is 2.22. The summed E-state index contributed by atoms with van der Waals surface area (Å²) in [5.41, 5.74) is 1.58. The Kier molecular flexibility index (Phi) is 5.92. The maximum atomic E-state index is 12.0. The van der Waals surface area contributed by atoms with Gasteiger partial charge in [0.2, 0.25) is 0 Å². The Balaban J connectivity index is 1.71. The van der Waals surface area contributed by atoms with Crippen LogP contribution in [0.3, 0.4) is 0 Å². The standard InChI is InChI=1S/C20H26N4O2S/c1-4-15-27(25,26)18-7-5-17(6-8-18)19-9-10-20(22-21-19)24-13-11-23(12-14-24)16(2)3/h4-10,15-16H,11-14H2,1-3H3/b15-4+. The number of sulfone groups is 1. The van der Waals surface area contributed by atoms with Crippen molar-refractivity contribution in [2.45, 2.75) is 31.7 Å². The van der Waals surface area contributed by atoms with Gasteiger partial charge in [0, 0.05) is 43.2 Å². The molecule has 0 atom stereocenters. The van der Waals surface area contributed by atoms with E-state index in [0.717, 1.165) is 43.3 Å². The Hall–Kier alpha value is -2.25. The summed E-state index contributed by atoms with van der Waals surface area (Å²) in [7, 11) is -3.37. The molecule has 0 saturated carbocycles. The Labute approximate surface area is 161 Å². The monoisotopic (exact) mass is 386 g/mol. The molecule has 1 aromatic carbocycles. The average Bonchev–Trinajstić information content (AvgIpc) is 2.68. The van der Waals surface area contributed by atoms with Crippen molar-refractivity contribution in [1.82, 2.24) is 15.1 Å². The van der Waals surface area contributed by atoms with Crippen LogP contribution >= 0.6 is 0 Å². The Morgan fingerprint density at radius 1 is 0.963 bits per heavy atom. The lowest BCUT2D eigenvalue weighted by atomic mass is 10.1. The van der Waals surface area contributed by atoms with E-state index in [0.29, 0.717) is 6.04 Å². The van der Waals surface area contributed by atoms with E-state index < -0.39 is 9.84 Å². The quantitative estimate of drug-likeness (QED) is 0.787. The first-order valence-corrected chi connectivity index (χ1v) is 10.8. The van der Waals surface area contributed by atoms with Crippen molar-refractivity contribution in [2.75, 3.05) is 31.1 Å². The van der Waals surface area contributed by atoms with Gasteiger partial charge in [-0.2, -0.15) is 0 Å². The molecular formula is C20H26N4O2S. The lowest BCUT2D eigenvalue weighted by Gasteiger charge is -2.37. The molecule has 1 aromatic heterocycles. The highest BCUT2D eigenvalue weighted by atomic mass is 32.2. The predicted octanol–water partition coefficient (Wildman–Crippen LogP) is 2.98. The molecule has 0 amide bonds. The van der Waals surface area contributed by atoms with E-state index in [1.165, 1.54) is 11.5 Å². The molecule has 2 aromatic rings. The fraction of sp³-hybridized carbons (Fsp3) is 0.400. The van der Waals surface area contributed by atoms with Crippen molar-refractivity contribution < 1.29 is 8.42 Å². The minimum atomic E-state index is -3.37. The zero-order valence-electron chi connectivity index (χ0n) is 16.0. The first-order valence-electron chi connectivity index (χ1n) is 9.21. The molecule has 0 unspecified atom stereocenters. The minimum absolute atomic E-state index is 0.275. The summed E-state index contributed by atoms with van der Waals surface area (Å²) in [4.78, 5) is 4.99. The molecule has 0 bridgehead atoms. The zero-order valence-corrected chi connectivity index (χ0v) is 16.9. The van der Waals surface area contributed by atoms with Crippen LogP contribution in [0.1, 0.15) is 20.8 Å². The molecule has 1 saturated heterocycles. The predicted molar refractivity (Wildman–Crippen MR) is 108 cm³/mol. The van der Waals surface area contributed by atoms with Crippen LogP contribution in [0.4, 0.5) is 5.82 Å². The number of nitrogens with zero attached hydrogens (tertiary/aromatic N) is 4. The minimum Gasteiger partial charge on any atom is -0.353 e. The molecule has 1 aliphatic rings. The van der Waals surface area contributed by atoms with Crippen molar-refractivity contribution >= 4 is 15.7 Å². The van der Waals surface area contributed by atoms with Crippen molar-refractivity contribution in [2.24, 2.45) is 0 Å². The van der Waals surface area contributed by atoms with Crippen LogP contribution in [0, 0.1) is 0 Å². The third-order valence-corrected chi connectivity index (χ3v) is 6.37. The maximum Gasteiger partial charge on any atom is 0.199 e. The molecule has 0 radical (unpaired) electrons. The molecule has 1 aliphatic heterocycles. The van der Waals surface area contributed by atoms with Gasteiger partial charge in [-0.25, -0.2) is 8.42 Å². The maximum absolute atomic E-state index is 12.0. The Bertz CT molecular complexity index is 883. The van der Waals surface area contributed by atoms with Crippen LogP contribution in [0.25, 0.3) is 11.3 Å². The summed E-state index contributed by atoms with van der Waals surface area (Å²) < 4.78 is 24.1. The van der Waals surface area contributed by atoms with Crippen LogP contribution < -0.4 is 4.90 Å². The number of aromatic nitrogens is 2. The highest BCUT2D eigenvalue weighted by Gasteiger charge is 2.20.